The second-order valence-electron chi connectivity index (χ2n) is 5.56. The molecule has 1 N–H and O–H groups in total. The summed E-state index contributed by atoms with van der Waals surface area (Å²) in [5, 5.41) is 10.1. The summed E-state index contributed by atoms with van der Waals surface area (Å²) in [4.78, 5) is 24.7. The maximum atomic E-state index is 13.1. The third kappa shape index (κ3) is 2.52. The average molecular weight is 331 g/mol. The molecule has 0 spiro atoms. The number of para-hydroxylation sites is 1. The van der Waals surface area contributed by atoms with Crippen LogP contribution in [0.2, 0.25) is 0 Å². The number of aromatic hydroxyl groups is 1. The highest BCUT2D eigenvalue weighted by Crippen LogP contribution is 2.27. The van der Waals surface area contributed by atoms with E-state index in [1.54, 1.807) is 18.2 Å². The first-order chi connectivity index (χ1) is 12.1. The summed E-state index contributed by atoms with van der Waals surface area (Å²) in [5.41, 5.74) is 0.902. The van der Waals surface area contributed by atoms with Crippen molar-refractivity contribution in [2.24, 2.45) is 0 Å². The van der Waals surface area contributed by atoms with Crippen molar-refractivity contribution in [3.05, 3.63) is 93.6 Å². The van der Waals surface area contributed by atoms with Gasteiger partial charge in [0, 0.05) is 11.8 Å². The number of benzene rings is 2. The van der Waals surface area contributed by atoms with Crippen LogP contribution in [0.15, 0.2) is 86.8 Å². The molecule has 5 nitrogen and oxygen atoms in total. The van der Waals surface area contributed by atoms with Gasteiger partial charge in [-0.05, 0) is 17.7 Å². The van der Waals surface area contributed by atoms with E-state index >= 15 is 0 Å². The number of hydrogen-bond donors (Lipinski definition) is 1. The number of rotatable bonds is 2. The van der Waals surface area contributed by atoms with Gasteiger partial charge in [-0.2, -0.15) is 0 Å². The molecular weight excluding hydrogens is 318 g/mol. The van der Waals surface area contributed by atoms with Gasteiger partial charge < -0.3 is 9.52 Å². The molecule has 2 heterocycles. The molecule has 4 rings (SSSR count). The molecule has 0 aliphatic heterocycles. The molecule has 0 aliphatic carbocycles. The van der Waals surface area contributed by atoms with E-state index in [1.807, 2.05) is 48.5 Å². The third-order valence-corrected chi connectivity index (χ3v) is 3.98. The zero-order valence-electron chi connectivity index (χ0n) is 13.0. The number of pyridine rings is 1. The molecule has 122 valence electrons. The quantitative estimate of drug-likeness (QED) is 0.611. The molecule has 0 amide bonds. The van der Waals surface area contributed by atoms with Gasteiger partial charge >= 0.3 is 5.63 Å². The summed E-state index contributed by atoms with van der Waals surface area (Å²) in [7, 11) is 0. The van der Waals surface area contributed by atoms with Gasteiger partial charge in [-0.25, -0.2) is 4.79 Å². The Morgan fingerprint density at radius 1 is 0.840 bits per heavy atom. The lowest BCUT2D eigenvalue weighted by Gasteiger charge is -2.14. The van der Waals surface area contributed by atoms with Gasteiger partial charge in [0.05, 0.1) is 11.8 Å². The maximum Gasteiger partial charge on any atom is 0.339 e. The van der Waals surface area contributed by atoms with Crippen LogP contribution in [0.4, 0.5) is 0 Å². The molecule has 0 aliphatic rings. The number of hydrogen-bond acceptors (Lipinski definition) is 4. The lowest BCUT2D eigenvalue weighted by atomic mass is 10.1. The van der Waals surface area contributed by atoms with E-state index in [4.69, 9.17) is 4.42 Å². The molecule has 2 aromatic carbocycles. The van der Waals surface area contributed by atoms with Gasteiger partial charge in [-0.1, -0.05) is 48.5 Å². The Kier molecular flexibility index (Phi) is 3.47. The normalized spacial score (nSPS) is 10.9. The molecule has 0 saturated heterocycles. The predicted molar refractivity (Wildman–Crippen MR) is 95.2 cm³/mol. The summed E-state index contributed by atoms with van der Waals surface area (Å²) in [6.07, 6.45) is 0. The van der Waals surface area contributed by atoms with Gasteiger partial charge in [0.2, 0.25) is 0 Å². The number of aromatic nitrogens is 1. The Bertz CT molecular complexity index is 1180. The van der Waals surface area contributed by atoms with Crippen LogP contribution in [0.1, 0.15) is 0 Å². The molecular formula is C20H13NO4. The van der Waals surface area contributed by atoms with Crippen molar-refractivity contribution in [3.8, 4) is 22.7 Å². The number of nitrogens with zero attached hydrogens (tertiary/aromatic N) is 1. The summed E-state index contributed by atoms with van der Waals surface area (Å²) in [6.45, 7) is 0. The summed E-state index contributed by atoms with van der Waals surface area (Å²) in [6, 6.07) is 20.9. The fourth-order valence-electron chi connectivity index (χ4n) is 2.88. The zero-order chi connectivity index (χ0) is 17.4. The highest BCUT2D eigenvalue weighted by Gasteiger charge is 2.17. The Hall–Kier alpha value is -3.60. The second-order valence-corrected chi connectivity index (χ2v) is 5.56. The largest absolute Gasteiger partial charge is 0.507 e. The van der Waals surface area contributed by atoms with Crippen LogP contribution in [0.3, 0.4) is 0 Å². The fraction of sp³-hybridized carbons (Fsp3) is 0. The van der Waals surface area contributed by atoms with Crippen molar-refractivity contribution in [2.75, 3.05) is 0 Å². The summed E-state index contributed by atoms with van der Waals surface area (Å²) < 4.78 is 6.64. The maximum absolute atomic E-state index is 13.1. The molecule has 0 atom stereocenters. The van der Waals surface area contributed by atoms with E-state index in [9.17, 15) is 14.7 Å². The summed E-state index contributed by atoms with van der Waals surface area (Å²) >= 11 is 0. The van der Waals surface area contributed by atoms with Gasteiger partial charge in [0.1, 0.15) is 16.7 Å². The van der Waals surface area contributed by atoms with E-state index in [0.717, 1.165) is 11.6 Å². The van der Waals surface area contributed by atoms with Crippen molar-refractivity contribution >= 4 is 11.0 Å². The lowest BCUT2D eigenvalue weighted by Crippen LogP contribution is -2.21. The minimum Gasteiger partial charge on any atom is -0.507 e. The molecule has 0 unspecified atom stereocenters. The Balaban J connectivity index is 2.19. The molecule has 25 heavy (non-hydrogen) atoms. The van der Waals surface area contributed by atoms with Crippen LogP contribution in [0, 0.1) is 0 Å². The standard InChI is InChI=1S/C20H13NO4/c22-16-12-18(23)25-17-11-15(13-7-3-1-4-8-13)21(20(24)19(16)17)14-9-5-2-6-10-14/h1-12,22H. The van der Waals surface area contributed by atoms with Crippen LogP contribution in [0.5, 0.6) is 5.75 Å². The fourth-order valence-corrected chi connectivity index (χ4v) is 2.88. The molecule has 0 bridgehead atoms. The predicted octanol–water partition coefficient (Wildman–Crippen LogP) is 3.32. The van der Waals surface area contributed by atoms with Gasteiger partial charge in [-0.3, -0.25) is 9.36 Å². The van der Waals surface area contributed by atoms with E-state index in [2.05, 4.69) is 0 Å². The minimum absolute atomic E-state index is 0.0249. The van der Waals surface area contributed by atoms with Crippen molar-refractivity contribution in [3.63, 3.8) is 0 Å². The van der Waals surface area contributed by atoms with E-state index in [-0.39, 0.29) is 16.7 Å². The smallest absolute Gasteiger partial charge is 0.339 e. The van der Waals surface area contributed by atoms with E-state index in [0.29, 0.717) is 11.4 Å². The number of fused-ring (bicyclic) bond motifs is 1. The molecule has 0 fully saturated rings. The first kappa shape index (κ1) is 15.0. The van der Waals surface area contributed by atoms with Gasteiger partial charge in [0.25, 0.3) is 5.56 Å². The van der Waals surface area contributed by atoms with Crippen molar-refractivity contribution in [2.45, 2.75) is 0 Å². The lowest BCUT2D eigenvalue weighted by molar-refractivity contribution is 0.467. The first-order valence-corrected chi connectivity index (χ1v) is 7.69. The molecule has 4 aromatic rings. The average Bonchev–Trinajstić information content (AvgIpc) is 2.62. The van der Waals surface area contributed by atoms with Crippen LogP contribution < -0.4 is 11.2 Å². The Morgan fingerprint density at radius 2 is 1.48 bits per heavy atom. The van der Waals surface area contributed by atoms with Gasteiger partial charge in [0.15, 0.2) is 0 Å². The SMILES string of the molecule is O=c1cc(O)c2c(=O)n(-c3ccccc3)c(-c3ccccc3)cc2o1. The molecule has 0 radical (unpaired) electrons. The third-order valence-electron chi connectivity index (χ3n) is 3.98. The van der Waals surface area contributed by atoms with Crippen LogP contribution in [-0.2, 0) is 0 Å². The molecule has 0 saturated carbocycles. The minimum atomic E-state index is -0.708. The van der Waals surface area contributed by atoms with Crippen LogP contribution >= 0.6 is 0 Å². The highest BCUT2D eigenvalue weighted by molar-refractivity contribution is 5.86. The second kappa shape index (κ2) is 5.79. The van der Waals surface area contributed by atoms with Crippen molar-refractivity contribution < 1.29 is 9.52 Å². The van der Waals surface area contributed by atoms with E-state index in [1.165, 1.54) is 4.57 Å². The Morgan fingerprint density at radius 3 is 2.16 bits per heavy atom. The summed E-state index contributed by atoms with van der Waals surface area (Å²) in [5.74, 6) is -0.388. The monoisotopic (exact) mass is 331 g/mol. The molecule has 5 heteroatoms. The highest BCUT2D eigenvalue weighted by atomic mass is 16.4. The first-order valence-electron chi connectivity index (χ1n) is 7.69. The van der Waals surface area contributed by atoms with Gasteiger partial charge in [-0.15, -0.1) is 0 Å². The topological polar surface area (TPSA) is 72.4 Å². The zero-order valence-corrected chi connectivity index (χ0v) is 13.0. The Labute approximate surface area is 142 Å². The molecule has 2 aromatic heterocycles. The van der Waals surface area contributed by atoms with Crippen LogP contribution in [0.25, 0.3) is 27.9 Å². The van der Waals surface area contributed by atoms with Crippen LogP contribution in [-0.4, -0.2) is 9.67 Å². The van der Waals surface area contributed by atoms with Crippen molar-refractivity contribution in [1.82, 2.24) is 4.57 Å². The van der Waals surface area contributed by atoms with Crippen molar-refractivity contribution in [1.29, 1.82) is 0 Å². The van der Waals surface area contributed by atoms with E-state index < -0.39 is 11.2 Å².